The molecule has 1 aliphatic rings. The van der Waals surface area contributed by atoms with Gasteiger partial charge in [-0.3, -0.25) is 0 Å². The first kappa shape index (κ1) is 17.9. The maximum atomic E-state index is 12.3. The van der Waals surface area contributed by atoms with Crippen molar-refractivity contribution in [2.75, 3.05) is 11.9 Å². The zero-order valence-electron chi connectivity index (χ0n) is 14.3. The molecule has 2 rings (SSSR count). The molecule has 128 valence electrons. The Balaban J connectivity index is 1.91. The van der Waals surface area contributed by atoms with E-state index < -0.39 is 5.60 Å². The topological polar surface area (TPSA) is 54.5 Å². The van der Waals surface area contributed by atoms with Crippen LogP contribution in [-0.2, 0) is 4.74 Å². The molecule has 0 saturated carbocycles. The van der Waals surface area contributed by atoms with Gasteiger partial charge in [0.15, 0.2) is 0 Å². The Kier molecular flexibility index (Phi) is 5.74. The molecule has 1 amide bonds. The van der Waals surface area contributed by atoms with Crippen molar-refractivity contribution < 1.29 is 9.53 Å². The Morgan fingerprint density at radius 3 is 2.96 bits per heavy atom. The van der Waals surface area contributed by atoms with Crippen molar-refractivity contribution in [1.29, 1.82) is 0 Å². The number of nitrogens with one attached hydrogen (secondary N) is 1. The predicted molar refractivity (Wildman–Crippen MR) is 92.9 cm³/mol. The van der Waals surface area contributed by atoms with Gasteiger partial charge < -0.3 is 15.0 Å². The third kappa shape index (κ3) is 5.57. The highest BCUT2D eigenvalue weighted by Gasteiger charge is 2.32. The molecule has 0 aliphatic carbocycles. The highest BCUT2D eigenvalue weighted by atomic mass is 35.5. The molecule has 1 aliphatic heterocycles. The van der Waals surface area contributed by atoms with Crippen LogP contribution in [0.3, 0.4) is 0 Å². The Bertz CT molecular complexity index is 545. The van der Waals surface area contributed by atoms with Crippen molar-refractivity contribution in [3.63, 3.8) is 0 Å². The number of anilines is 1. The summed E-state index contributed by atoms with van der Waals surface area (Å²) in [6.07, 6.45) is 4.39. The molecular formula is C17H26ClN3O2. The molecule has 1 aromatic heterocycles. The molecular weight excluding hydrogens is 314 g/mol. The average Bonchev–Trinajstić information content (AvgIpc) is 2.84. The second kappa shape index (κ2) is 7.39. The first-order valence-corrected chi connectivity index (χ1v) is 8.50. The van der Waals surface area contributed by atoms with Crippen LogP contribution in [0.2, 0.25) is 5.15 Å². The van der Waals surface area contributed by atoms with Crippen LogP contribution in [0.15, 0.2) is 18.3 Å². The van der Waals surface area contributed by atoms with E-state index in [2.05, 4.69) is 17.2 Å². The van der Waals surface area contributed by atoms with Gasteiger partial charge in [-0.15, -0.1) is 0 Å². The van der Waals surface area contributed by atoms with Crippen molar-refractivity contribution >= 4 is 23.4 Å². The summed E-state index contributed by atoms with van der Waals surface area (Å²) in [5.74, 6) is 0. The van der Waals surface area contributed by atoms with E-state index in [1.54, 1.807) is 12.3 Å². The minimum atomic E-state index is -0.456. The molecule has 1 aromatic rings. The number of ether oxygens (including phenoxy) is 1. The Morgan fingerprint density at radius 2 is 2.30 bits per heavy atom. The van der Waals surface area contributed by atoms with Gasteiger partial charge in [0, 0.05) is 30.5 Å². The number of likely N-dealkylation sites (tertiary alicyclic amines) is 1. The summed E-state index contributed by atoms with van der Waals surface area (Å²) in [7, 11) is 0. The predicted octanol–water partition coefficient (Wildman–Crippen LogP) is 4.33. The molecule has 0 radical (unpaired) electrons. The molecule has 0 spiro atoms. The maximum Gasteiger partial charge on any atom is 0.410 e. The van der Waals surface area contributed by atoms with Crippen molar-refractivity contribution in [3.05, 3.63) is 23.5 Å². The fourth-order valence-electron chi connectivity index (χ4n) is 2.89. The lowest BCUT2D eigenvalue weighted by Gasteiger charge is -2.30. The minimum absolute atomic E-state index is 0.209. The number of carbonyl (C=O) groups excluding carboxylic acids is 1. The molecule has 1 N–H and O–H groups in total. The number of pyridine rings is 1. The smallest absolute Gasteiger partial charge is 0.410 e. The SMILES string of the molecule is CC(CC1CCCN1C(=O)OC(C)(C)C)Nc1ccnc(Cl)c1. The lowest BCUT2D eigenvalue weighted by Crippen LogP contribution is -2.41. The lowest BCUT2D eigenvalue weighted by atomic mass is 10.1. The summed E-state index contributed by atoms with van der Waals surface area (Å²) in [4.78, 5) is 18.2. The molecule has 23 heavy (non-hydrogen) atoms. The Morgan fingerprint density at radius 1 is 1.57 bits per heavy atom. The summed E-state index contributed by atoms with van der Waals surface area (Å²) < 4.78 is 5.51. The van der Waals surface area contributed by atoms with Gasteiger partial charge in [-0.25, -0.2) is 9.78 Å². The summed E-state index contributed by atoms with van der Waals surface area (Å²) in [5.41, 5.74) is 0.487. The van der Waals surface area contributed by atoms with Gasteiger partial charge in [0.2, 0.25) is 0 Å². The standard InChI is InChI=1S/C17H26ClN3O2/c1-12(20-13-7-8-19-15(18)11-13)10-14-6-5-9-21(14)16(22)23-17(2,3)4/h7-8,11-12,14H,5-6,9-10H2,1-4H3,(H,19,20). The van der Waals surface area contributed by atoms with Crippen LogP contribution < -0.4 is 5.32 Å². The summed E-state index contributed by atoms with van der Waals surface area (Å²) in [6, 6.07) is 4.13. The maximum absolute atomic E-state index is 12.3. The summed E-state index contributed by atoms with van der Waals surface area (Å²) >= 11 is 5.90. The first-order valence-electron chi connectivity index (χ1n) is 8.12. The van der Waals surface area contributed by atoms with E-state index in [-0.39, 0.29) is 18.2 Å². The fraction of sp³-hybridized carbons (Fsp3) is 0.647. The van der Waals surface area contributed by atoms with Crippen LogP contribution in [0.5, 0.6) is 0 Å². The number of carbonyl (C=O) groups is 1. The number of amides is 1. The van der Waals surface area contributed by atoms with Crippen LogP contribution in [0, 0.1) is 0 Å². The summed E-state index contributed by atoms with van der Waals surface area (Å²) in [6.45, 7) is 8.57. The van der Waals surface area contributed by atoms with Gasteiger partial charge in [-0.05, 0) is 59.1 Å². The quantitative estimate of drug-likeness (QED) is 0.830. The number of nitrogens with zero attached hydrogens (tertiary/aromatic N) is 2. The molecule has 1 saturated heterocycles. The van der Waals surface area contributed by atoms with Crippen molar-refractivity contribution in [2.45, 2.75) is 64.6 Å². The normalized spacial score (nSPS) is 19.5. The second-order valence-electron chi connectivity index (χ2n) is 7.12. The average molecular weight is 340 g/mol. The van der Waals surface area contributed by atoms with E-state index in [9.17, 15) is 4.79 Å². The van der Waals surface area contributed by atoms with E-state index >= 15 is 0 Å². The molecule has 2 atom stereocenters. The van der Waals surface area contributed by atoms with Gasteiger partial charge in [0.25, 0.3) is 0 Å². The zero-order chi connectivity index (χ0) is 17.0. The largest absolute Gasteiger partial charge is 0.444 e. The van der Waals surface area contributed by atoms with Crippen molar-refractivity contribution in [1.82, 2.24) is 9.88 Å². The van der Waals surface area contributed by atoms with Crippen molar-refractivity contribution in [3.8, 4) is 0 Å². The third-order valence-electron chi connectivity index (χ3n) is 3.77. The molecule has 5 nitrogen and oxygen atoms in total. The van der Waals surface area contributed by atoms with E-state index in [1.165, 1.54) is 0 Å². The Labute approximate surface area is 143 Å². The number of hydrogen-bond acceptors (Lipinski definition) is 4. The number of rotatable bonds is 4. The van der Waals surface area contributed by atoms with E-state index in [4.69, 9.17) is 16.3 Å². The van der Waals surface area contributed by atoms with Crippen molar-refractivity contribution in [2.24, 2.45) is 0 Å². The Hall–Kier alpha value is -1.49. The molecule has 6 heteroatoms. The summed E-state index contributed by atoms with van der Waals surface area (Å²) in [5, 5.41) is 3.88. The highest BCUT2D eigenvalue weighted by molar-refractivity contribution is 6.29. The third-order valence-corrected chi connectivity index (χ3v) is 3.98. The molecule has 0 aromatic carbocycles. The first-order chi connectivity index (χ1) is 10.7. The minimum Gasteiger partial charge on any atom is -0.444 e. The highest BCUT2D eigenvalue weighted by Crippen LogP contribution is 2.25. The van der Waals surface area contributed by atoms with Crippen LogP contribution in [0.4, 0.5) is 10.5 Å². The molecule has 2 unspecified atom stereocenters. The zero-order valence-corrected chi connectivity index (χ0v) is 15.1. The molecule has 2 heterocycles. The van der Waals surface area contributed by atoms with Gasteiger partial charge >= 0.3 is 6.09 Å². The number of aromatic nitrogens is 1. The number of halogens is 1. The van der Waals surface area contributed by atoms with Gasteiger partial charge in [0.05, 0.1) is 0 Å². The molecule has 1 fully saturated rings. The van der Waals surface area contributed by atoms with Gasteiger partial charge in [-0.1, -0.05) is 11.6 Å². The van der Waals surface area contributed by atoms with Crippen LogP contribution in [0.25, 0.3) is 0 Å². The van der Waals surface area contributed by atoms with Crippen LogP contribution in [0.1, 0.15) is 47.0 Å². The molecule has 0 bridgehead atoms. The van der Waals surface area contributed by atoms with E-state index in [0.717, 1.165) is 31.5 Å². The van der Waals surface area contributed by atoms with E-state index in [1.807, 2.05) is 31.7 Å². The van der Waals surface area contributed by atoms with Gasteiger partial charge in [-0.2, -0.15) is 0 Å². The second-order valence-corrected chi connectivity index (χ2v) is 7.51. The van der Waals surface area contributed by atoms with Crippen LogP contribution >= 0.6 is 11.6 Å². The fourth-order valence-corrected chi connectivity index (χ4v) is 3.06. The van der Waals surface area contributed by atoms with E-state index in [0.29, 0.717) is 5.15 Å². The van der Waals surface area contributed by atoms with Gasteiger partial charge in [0.1, 0.15) is 10.8 Å². The number of hydrogen-bond donors (Lipinski definition) is 1. The van der Waals surface area contributed by atoms with Crippen LogP contribution in [-0.4, -0.2) is 40.2 Å². The monoisotopic (exact) mass is 339 g/mol. The lowest BCUT2D eigenvalue weighted by molar-refractivity contribution is 0.0218.